The number of hydrogen-bond acceptors (Lipinski definition) is 5. The third kappa shape index (κ3) is 6.65. The number of imide groups is 1. The number of rotatable bonds is 5. The number of alkyl halides is 3. The predicted octanol–water partition coefficient (Wildman–Crippen LogP) is 1.02. The normalized spacial score (nSPS) is 22.8. The number of carboxylic acids is 1. The maximum Gasteiger partial charge on any atom is 0.490 e. The van der Waals surface area contributed by atoms with E-state index in [9.17, 15) is 27.6 Å². The molecule has 140 valence electrons. The van der Waals surface area contributed by atoms with Crippen molar-refractivity contribution in [3.05, 3.63) is 12.2 Å². The predicted molar refractivity (Wildman–Crippen MR) is 79.1 cm³/mol. The molecule has 0 aromatic heterocycles. The Labute approximate surface area is 141 Å². The SMILES string of the molecule is N[C@@H]1CC[C@@H](C(=O)CCCN2C(=O)C=CC2=O)C1.O=C(O)C(F)(F)F. The summed E-state index contributed by atoms with van der Waals surface area (Å²) < 4.78 is 31.7. The summed E-state index contributed by atoms with van der Waals surface area (Å²) in [6, 6.07) is 0.157. The Kier molecular flexibility index (Phi) is 7.28. The second kappa shape index (κ2) is 8.75. The summed E-state index contributed by atoms with van der Waals surface area (Å²) in [7, 11) is 0. The number of carbonyl (C=O) groups excluding carboxylic acids is 3. The molecule has 2 aliphatic rings. The van der Waals surface area contributed by atoms with Crippen LogP contribution in [-0.4, -0.2) is 52.3 Å². The lowest BCUT2D eigenvalue weighted by Gasteiger charge is -2.14. The molecule has 7 nitrogen and oxygen atoms in total. The van der Waals surface area contributed by atoms with E-state index in [2.05, 4.69) is 0 Å². The quantitative estimate of drug-likeness (QED) is 0.704. The molecule has 0 bridgehead atoms. The van der Waals surface area contributed by atoms with Crippen LogP contribution in [0.15, 0.2) is 12.2 Å². The molecule has 10 heteroatoms. The third-order valence-electron chi connectivity index (χ3n) is 3.88. The molecule has 0 aromatic carbocycles. The average molecular weight is 364 g/mol. The van der Waals surface area contributed by atoms with Gasteiger partial charge in [0.15, 0.2) is 0 Å². The minimum Gasteiger partial charge on any atom is -0.475 e. The van der Waals surface area contributed by atoms with Gasteiger partial charge in [0.25, 0.3) is 11.8 Å². The van der Waals surface area contributed by atoms with Crippen LogP contribution in [0.5, 0.6) is 0 Å². The summed E-state index contributed by atoms with van der Waals surface area (Å²) in [4.78, 5) is 44.5. The van der Waals surface area contributed by atoms with Crippen LogP contribution in [-0.2, 0) is 19.2 Å². The Morgan fingerprint density at radius 3 is 2.12 bits per heavy atom. The van der Waals surface area contributed by atoms with Crippen molar-refractivity contribution >= 4 is 23.6 Å². The van der Waals surface area contributed by atoms with Gasteiger partial charge in [-0.3, -0.25) is 19.3 Å². The average Bonchev–Trinajstić information content (AvgIpc) is 3.07. The molecule has 1 aliphatic heterocycles. The molecule has 0 spiro atoms. The number of Topliss-reactive ketones (excluding diaryl/α,β-unsaturated/α-hetero) is 1. The first-order chi connectivity index (χ1) is 11.5. The van der Waals surface area contributed by atoms with Crippen molar-refractivity contribution in [3.63, 3.8) is 0 Å². The number of nitrogens with two attached hydrogens (primary N) is 1. The first kappa shape index (κ1) is 20.8. The molecule has 2 rings (SSSR count). The van der Waals surface area contributed by atoms with Gasteiger partial charge in [0.1, 0.15) is 5.78 Å². The zero-order valence-corrected chi connectivity index (χ0v) is 13.3. The van der Waals surface area contributed by atoms with Crippen LogP contribution >= 0.6 is 0 Å². The van der Waals surface area contributed by atoms with Crippen LogP contribution in [0.2, 0.25) is 0 Å². The Balaban J connectivity index is 0.000000381. The fraction of sp³-hybridized carbons (Fsp3) is 0.600. The van der Waals surface area contributed by atoms with Gasteiger partial charge in [0.05, 0.1) is 0 Å². The first-order valence-electron chi connectivity index (χ1n) is 7.64. The Bertz CT molecular complexity index is 556. The van der Waals surface area contributed by atoms with Gasteiger partial charge in [0.2, 0.25) is 0 Å². The first-order valence-corrected chi connectivity index (χ1v) is 7.64. The zero-order chi connectivity index (χ0) is 19.2. The maximum atomic E-state index is 11.9. The molecule has 1 saturated carbocycles. The van der Waals surface area contributed by atoms with E-state index in [4.69, 9.17) is 15.6 Å². The number of hydrogen-bond donors (Lipinski definition) is 2. The lowest BCUT2D eigenvalue weighted by molar-refractivity contribution is -0.192. The highest BCUT2D eigenvalue weighted by atomic mass is 19.4. The lowest BCUT2D eigenvalue weighted by atomic mass is 9.98. The smallest absolute Gasteiger partial charge is 0.475 e. The van der Waals surface area contributed by atoms with Crippen LogP contribution in [0.25, 0.3) is 0 Å². The van der Waals surface area contributed by atoms with Gasteiger partial charge in [-0.2, -0.15) is 13.2 Å². The summed E-state index contributed by atoms with van der Waals surface area (Å²) in [5.74, 6) is -3.02. The molecular weight excluding hydrogens is 345 g/mol. The molecule has 2 atom stereocenters. The molecule has 1 aliphatic carbocycles. The number of carbonyl (C=O) groups is 4. The Morgan fingerprint density at radius 1 is 1.20 bits per heavy atom. The van der Waals surface area contributed by atoms with Crippen molar-refractivity contribution in [2.24, 2.45) is 11.7 Å². The standard InChI is InChI=1S/C13H18N2O3.C2HF3O2/c14-10-4-3-9(8-10)11(16)2-1-7-15-12(17)5-6-13(15)18;3-2(4,5)1(6)7/h5-6,9-10H,1-4,7-8,14H2;(H,6,7)/t9-,10-;/m1./s1. The molecule has 0 radical (unpaired) electrons. The fourth-order valence-electron chi connectivity index (χ4n) is 2.58. The van der Waals surface area contributed by atoms with Crippen LogP contribution in [0.1, 0.15) is 32.1 Å². The molecule has 0 unspecified atom stereocenters. The lowest BCUT2D eigenvalue weighted by Crippen LogP contribution is -2.31. The number of nitrogens with zero attached hydrogens (tertiary/aromatic N) is 1. The van der Waals surface area contributed by atoms with Gasteiger partial charge in [-0.15, -0.1) is 0 Å². The number of amides is 2. The summed E-state index contributed by atoms with van der Waals surface area (Å²) in [6.45, 7) is 0.329. The Morgan fingerprint density at radius 2 is 1.72 bits per heavy atom. The summed E-state index contributed by atoms with van der Waals surface area (Å²) >= 11 is 0. The monoisotopic (exact) mass is 364 g/mol. The van der Waals surface area contributed by atoms with E-state index in [-0.39, 0.29) is 29.6 Å². The third-order valence-corrected chi connectivity index (χ3v) is 3.88. The number of halogens is 3. The van der Waals surface area contributed by atoms with Gasteiger partial charge in [-0.1, -0.05) is 0 Å². The van der Waals surface area contributed by atoms with Gasteiger partial charge in [-0.25, -0.2) is 4.79 Å². The largest absolute Gasteiger partial charge is 0.490 e. The van der Waals surface area contributed by atoms with Crippen molar-refractivity contribution in [2.75, 3.05) is 6.54 Å². The van der Waals surface area contributed by atoms with Crippen molar-refractivity contribution in [1.82, 2.24) is 4.90 Å². The van der Waals surface area contributed by atoms with Crippen molar-refractivity contribution in [3.8, 4) is 0 Å². The van der Waals surface area contributed by atoms with Gasteiger partial charge in [-0.05, 0) is 25.7 Å². The van der Waals surface area contributed by atoms with Crippen LogP contribution < -0.4 is 5.73 Å². The van der Waals surface area contributed by atoms with Crippen LogP contribution in [0.3, 0.4) is 0 Å². The van der Waals surface area contributed by atoms with E-state index in [1.807, 2.05) is 0 Å². The van der Waals surface area contributed by atoms with Crippen molar-refractivity contribution < 1.29 is 37.5 Å². The summed E-state index contributed by atoms with van der Waals surface area (Å²) in [6.07, 6.45) is 0.993. The molecule has 0 aromatic rings. The second-order valence-corrected chi connectivity index (χ2v) is 5.80. The molecule has 1 fully saturated rings. The zero-order valence-electron chi connectivity index (χ0n) is 13.3. The Hall–Kier alpha value is -2.23. The molecule has 2 amide bonds. The minimum absolute atomic E-state index is 0.0862. The highest BCUT2D eigenvalue weighted by molar-refractivity contribution is 6.12. The van der Waals surface area contributed by atoms with E-state index in [1.165, 1.54) is 17.1 Å². The second-order valence-electron chi connectivity index (χ2n) is 5.80. The van der Waals surface area contributed by atoms with Crippen LogP contribution in [0.4, 0.5) is 13.2 Å². The fourth-order valence-corrected chi connectivity index (χ4v) is 2.58. The molecule has 3 N–H and O–H groups in total. The number of aliphatic carboxylic acids is 1. The molecule has 1 heterocycles. The number of ketones is 1. The summed E-state index contributed by atoms with van der Waals surface area (Å²) in [5.41, 5.74) is 5.77. The van der Waals surface area contributed by atoms with E-state index >= 15 is 0 Å². The van der Waals surface area contributed by atoms with E-state index in [1.54, 1.807) is 0 Å². The van der Waals surface area contributed by atoms with E-state index in [0.717, 1.165) is 19.3 Å². The van der Waals surface area contributed by atoms with Gasteiger partial charge in [0, 0.05) is 37.1 Å². The number of carboxylic acid groups (broad SMARTS) is 1. The van der Waals surface area contributed by atoms with Crippen molar-refractivity contribution in [1.29, 1.82) is 0 Å². The highest BCUT2D eigenvalue weighted by Gasteiger charge is 2.38. The summed E-state index contributed by atoms with van der Waals surface area (Å²) in [5, 5.41) is 7.12. The molecule has 0 saturated heterocycles. The molecular formula is C15H19F3N2O5. The van der Waals surface area contributed by atoms with Gasteiger partial charge < -0.3 is 10.8 Å². The van der Waals surface area contributed by atoms with Crippen molar-refractivity contribution in [2.45, 2.75) is 44.3 Å². The van der Waals surface area contributed by atoms with Crippen LogP contribution in [0, 0.1) is 5.92 Å². The topological polar surface area (TPSA) is 118 Å². The van der Waals surface area contributed by atoms with Gasteiger partial charge >= 0.3 is 12.1 Å². The minimum atomic E-state index is -5.08. The van der Waals surface area contributed by atoms with E-state index < -0.39 is 12.1 Å². The highest BCUT2D eigenvalue weighted by Crippen LogP contribution is 2.26. The molecule has 25 heavy (non-hydrogen) atoms. The maximum absolute atomic E-state index is 11.9. The van der Waals surface area contributed by atoms with E-state index in [0.29, 0.717) is 19.4 Å².